The van der Waals surface area contributed by atoms with Gasteiger partial charge in [-0.25, -0.2) is 17.7 Å². The van der Waals surface area contributed by atoms with Crippen LogP contribution in [0.4, 0.5) is 5.69 Å². The number of hydrogen-bond donors (Lipinski definition) is 2. The molecule has 2 spiro atoms. The molecule has 4 aliphatic heterocycles. The third-order valence-electron chi connectivity index (χ3n) is 12.4. The molecule has 0 bridgehead atoms. The lowest BCUT2D eigenvalue weighted by Gasteiger charge is -2.36. The summed E-state index contributed by atoms with van der Waals surface area (Å²) < 4.78 is 39.3. The van der Waals surface area contributed by atoms with Crippen LogP contribution >= 0.6 is 0 Å². The van der Waals surface area contributed by atoms with Crippen molar-refractivity contribution in [3.63, 3.8) is 0 Å². The van der Waals surface area contributed by atoms with Crippen LogP contribution in [0.15, 0.2) is 60.7 Å². The summed E-state index contributed by atoms with van der Waals surface area (Å²) in [6.07, 6.45) is 10.5. The van der Waals surface area contributed by atoms with E-state index in [1.807, 2.05) is 67.6 Å². The zero-order valence-corrected chi connectivity index (χ0v) is 30.9. The first-order valence-electron chi connectivity index (χ1n) is 18.9. The fourth-order valence-corrected chi connectivity index (χ4v) is 11.2. The van der Waals surface area contributed by atoms with E-state index in [0.29, 0.717) is 50.0 Å². The molecule has 13 heteroatoms. The van der Waals surface area contributed by atoms with Crippen LogP contribution < -0.4 is 20.1 Å². The van der Waals surface area contributed by atoms with Gasteiger partial charge in [0.1, 0.15) is 34.7 Å². The molecule has 5 atom stereocenters. The summed E-state index contributed by atoms with van der Waals surface area (Å²) in [5.41, 5.74) is 1.20. The van der Waals surface area contributed by atoms with E-state index in [9.17, 15) is 22.8 Å². The smallest absolute Gasteiger partial charge is 0.264 e. The second kappa shape index (κ2) is 12.2. The first-order valence-corrected chi connectivity index (χ1v) is 20.3. The summed E-state index contributed by atoms with van der Waals surface area (Å²) in [5, 5.41) is 7.55. The van der Waals surface area contributed by atoms with E-state index in [4.69, 9.17) is 14.5 Å². The Kier molecular flexibility index (Phi) is 7.85. The third-order valence-corrected chi connectivity index (χ3v) is 14.7. The van der Waals surface area contributed by atoms with Crippen LogP contribution in [-0.4, -0.2) is 82.1 Å². The largest absolute Gasteiger partial charge is 0.497 e. The zero-order chi connectivity index (χ0) is 36.8. The maximum Gasteiger partial charge on any atom is 0.264 e. The molecule has 2 saturated carbocycles. The number of anilines is 1. The number of nitrogens with one attached hydrogen (secondary N) is 2. The summed E-state index contributed by atoms with van der Waals surface area (Å²) in [7, 11) is -2.11. The third kappa shape index (κ3) is 5.48. The molecule has 2 aliphatic carbocycles. The Morgan fingerprint density at radius 2 is 1.89 bits per heavy atom. The second-order valence-corrected chi connectivity index (χ2v) is 17.9. The Bertz CT molecular complexity index is 2190. The predicted octanol–water partition coefficient (Wildman–Crippen LogP) is 4.75. The van der Waals surface area contributed by atoms with E-state index >= 15 is 0 Å². The first-order chi connectivity index (χ1) is 25.5. The highest BCUT2D eigenvalue weighted by Crippen LogP contribution is 2.64. The first kappa shape index (κ1) is 34.1. The number of hydrogen-bond acceptors (Lipinski definition) is 9. The topological polar surface area (TPSA) is 147 Å². The van der Waals surface area contributed by atoms with Crippen LogP contribution in [0.25, 0.3) is 10.9 Å². The molecule has 2 saturated heterocycles. The van der Waals surface area contributed by atoms with E-state index in [-0.39, 0.29) is 24.8 Å². The van der Waals surface area contributed by atoms with E-state index in [0.717, 1.165) is 57.8 Å². The highest BCUT2D eigenvalue weighted by atomic mass is 32.2. The number of nitrogens with zero attached hydrogens (tertiary/aromatic N) is 3. The number of carbonyl (C=O) groups is 3. The molecule has 6 aliphatic rings. The van der Waals surface area contributed by atoms with Crippen LogP contribution in [0.5, 0.6) is 11.5 Å². The maximum atomic E-state index is 14.9. The van der Waals surface area contributed by atoms with Gasteiger partial charge in [0.05, 0.1) is 24.9 Å². The number of benzene rings is 2. The summed E-state index contributed by atoms with van der Waals surface area (Å²) in [4.78, 5) is 49.1. The van der Waals surface area contributed by atoms with Gasteiger partial charge in [0, 0.05) is 35.0 Å². The standard InChI is InChI=1S/C40H45N5O7S/c1-25-34-30(29-14-8-9-15-31(29)41-25)17-18-38(52-34)23-33-35(46)43-40(37(48)45-39(19-20-39)53(45,49)50)22-26(40)11-6-4-3-5-7-16-32(36(47)44(33)24-38)42-27-12-10-13-28(21-27)51-2/h6,8-15,21,26,32-33,42H,3-5,7,16-20,22-24H2,1-2H3,(H,43,46)/b11-6-/t26-,32+,33+,38-,40?,45?/m1/s1. The molecule has 4 fully saturated rings. The van der Waals surface area contributed by atoms with Gasteiger partial charge in [0.2, 0.25) is 11.8 Å². The van der Waals surface area contributed by atoms with Gasteiger partial charge in [-0.15, -0.1) is 0 Å². The highest BCUT2D eigenvalue weighted by Gasteiger charge is 2.83. The monoisotopic (exact) mass is 739 g/mol. The molecule has 1 unspecified atom stereocenters. The van der Waals surface area contributed by atoms with Crippen LogP contribution in [0.3, 0.4) is 0 Å². The lowest BCUT2D eigenvalue weighted by Crippen LogP contribution is -2.56. The van der Waals surface area contributed by atoms with Crippen LogP contribution in [0.1, 0.15) is 75.5 Å². The molecule has 9 rings (SSSR count). The number of allylic oxidation sites excluding steroid dienone is 1. The molecule has 278 valence electrons. The molecule has 3 aromatic rings. The minimum Gasteiger partial charge on any atom is -0.497 e. The lowest BCUT2D eigenvalue weighted by molar-refractivity contribution is -0.141. The Morgan fingerprint density at radius 3 is 2.68 bits per heavy atom. The van der Waals surface area contributed by atoms with E-state index in [2.05, 4.69) is 10.6 Å². The number of amides is 3. The number of carbonyl (C=O) groups excluding carboxylic acids is 3. The Morgan fingerprint density at radius 1 is 1.06 bits per heavy atom. The molecule has 2 N–H and O–H groups in total. The number of ether oxygens (including phenoxy) is 2. The van der Waals surface area contributed by atoms with Crippen molar-refractivity contribution >= 4 is 44.3 Å². The van der Waals surface area contributed by atoms with Gasteiger partial charge in [0.15, 0.2) is 4.87 Å². The van der Waals surface area contributed by atoms with Gasteiger partial charge in [-0.2, -0.15) is 0 Å². The van der Waals surface area contributed by atoms with Crippen molar-refractivity contribution in [1.29, 1.82) is 0 Å². The van der Waals surface area contributed by atoms with Crippen LogP contribution in [-0.2, 0) is 30.8 Å². The molecule has 3 amide bonds. The number of aryl methyl sites for hydroxylation is 2. The van der Waals surface area contributed by atoms with Crippen molar-refractivity contribution in [1.82, 2.24) is 19.5 Å². The Hall–Kier alpha value is -4.65. The zero-order valence-electron chi connectivity index (χ0n) is 30.1. The average molecular weight is 740 g/mol. The van der Waals surface area contributed by atoms with Crippen molar-refractivity contribution in [3.8, 4) is 11.5 Å². The van der Waals surface area contributed by atoms with E-state index < -0.39 is 49.9 Å². The Balaban J connectivity index is 1.08. The van der Waals surface area contributed by atoms with E-state index in [1.165, 1.54) is 0 Å². The average Bonchev–Trinajstić information content (AvgIpc) is 4.10. The molecule has 1 aromatic heterocycles. The molecule has 2 aromatic carbocycles. The number of methoxy groups -OCH3 is 1. The normalized spacial score (nSPS) is 31.6. The van der Waals surface area contributed by atoms with Crippen molar-refractivity contribution in [3.05, 3.63) is 71.9 Å². The number of pyridine rings is 1. The van der Waals surface area contributed by atoms with Crippen molar-refractivity contribution in [2.75, 3.05) is 19.0 Å². The summed E-state index contributed by atoms with van der Waals surface area (Å²) in [6.45, 7) is 2.11. The summed E-state index contributed by atoms with van der Waals surface area (Å²) in [6, 6.07) is 13.8. The number of aromatic nitrogens is 1. The van der Waals surface area contributed by atoms with Gasteiger partial charge in [0.25, 0.3) is 15.9 Å². The van der Waals surface area contributed by atoms with Gasteiger partial charge in [-0.05, 0) is 76.5 Å². The molecular formula is C40H45N5O7S. The van der Waals surface area contributed by atoms with Crippen molar-refractivity contribution in [2.45, 2.75) is 106 Å². The van der Waals surface area contributed by atoms with Gasteiger partial charge in [-0.3, -0.25) is 14.4 Å². The quantitative estimate of drug-likeness (QED) is 0.286. The van der Waals surface area contributed by atoms with Crippen molar-refractivity contribution in [2.24, 2.45) is 5.92 Å². The number of para-hydroxylation sites is 1. The molecule has 5 heterocycles. The van der Waals surface area contributed by atoms with E-state index in [1.54, 1.807) is 12.0 Å². The summed E-state index contributed by atoms with van der Waals surface area (Å²) >= 11 is 0. The minimum absolute atomic E-state index is 0.180. The number of fused-ring (bicyclic) bond motifs is 5. The summed E-state index contributed by atoms with van der Waals surface area (Å²) in [5.74, 6) is -0.249. The van der Waals surface area contributed by atoms with Gasteiger partial charge >= 0.3 is 0 Å². The molecule has 12 nitrogen and oxygen atoms in total. The predicted molar refractivity (Wildman–Crippen MR) is 198 cm³/mol. The fraction of sp³-hybridized carbons (Fsp3) is 0.500. The Labute approximate surface area is 309 Å². The fourth-order valence-electron chi connectivity index (χ4n) is 9.12. The van der Waals surface area contributed by atoms with Crippen LogP contribution in [0, 0.1) is 12.8 Å². The van der Waals surface area contributed by atoms with Gasteiger partial charge in [-0.1, -0.05) is 49.3 Å². The number of rotatable bonds is 4. The van der Waals surface area contributed by atoms with Crippen molar-refractivity contribution < 1.29 is 32.3 Å². The molecular weight excluding hydrogens is 695 g/mol. The van der Waals surface area contributed by atoms with Crippen LogP contribution in [0.2, 0.25) is 0 Å². The maximum absolute atomic E-state index is 14.9. The highest BCUT2D eigenvalue weighted by molar-refractivity contribution is 7.98. The van der Waals surface area contributed by atoms with Gasteiger partial charge < -0.3 is 25.0 Å². The molecule has 0 radical (unpaired) electrons. The minimum atomic E-state index is -3.71. The molecule has 53 heavy (non-hydrogen) atoms. The second-order valence-electron chi connectivity index (χ2n) is 15.8. The number of sulfonamides is 1. The SMILES string of the molecule is COc1cccc(N[C@H]2CCCCC/C=C\[C@@H]3CC3(C(=O)N3C4(CC4)S3(=O)=O)NC(=O)[C@@H]3C[C@]4(CCc5c(c(C)nc6ccccc56)O4)CN3C2=O)c1. The lowest BCUT2D eigenvalue weighted by atomic mass is 9.87.